The SMILES string of the molecule is CSCC[C@H](NC(=O)COc1ccccc1)C(=O)O[C@H](C)C(=O)Nc1ccccc1C. The Labute approximate surface area is 186 Å². The van der Waals surface area contributed by atoms with E-state index in [-0.39, 0.29) is 6.61 Å². The summed E-state index contributed by atoms with van der Waals surface area (Å²) in [6, 6.07) is 15.4. The number of hydrogen-bond donors (Lipinski definition) is 2. The lowest BCUT2D eigenvalue weighted by Gasteiger charge is -2.20. The van der Waals surface area contributed by atoms with Gasteiger partial charge in [0.1, 0.15) is 11.8 Å². The highest BCUT2D eigenvalue weighted by molar-refractivity contribution is 7.98. The molecule has 2 aromatic rings. The molecule has 0 saturated carbocycles. The number of nitrogens with one attached hydrogen (secondary N) is 2. The van der Waals surface area contributed by atoms with Crippen LogP contribution < -0.4 is 15.4 Å². The average Bonchev–Trinajstić information content (AvgIpc) is 2.77. The third-order valence-corrected chi connectivity index (χ3v) is 5.05. The Morgan fingerprint density at radius 2 is 1.71 bits per heavy atom. The van der Waals surface area contributed by atoms with Crippen LogP contribution in [0.2, 0.25) is 0 Å². The van der Waals surface area contributed by atoms with Crippen molar-refractivity contribution in [2.24, 2.45) is 0 Å². The molecular formula is C23H28N2O5S. The number of ether oxygens (including phenoxy) is 2. The number of thioether (sulfide) groups is 1. The number of carbonyl (C=O) groups excluding carboxylic acids is 3. The Morgan fingerprint density at radius 3 is 2.39 bits per heavy atom. The Morgan fingerprint density at radius 1 is 1.03 bits per heavy atom. The summed E-state index contributed by atoms with van der Waals surface area (Å²) >= 11 is 1.54. The molecule has 0 bridgehead atoms. The molecule has 2 N–H and O–H groups in total. The van der Waals surface area contributed by atoms with Gasteiger partial charge in [0.25, 0.3) is 11.8 Å². The fourth-order valence-electron chi connectivity index (χ4n) is 2.64. The van der Waals surface area contributed by atoms with Crippen LogP contribution in [0, 0.1) is 6.92 Å². The zero-order valence-electron chi connectivity index (χ0n) is 17.9. The van der Waals surface area contributed by atoms with Crippen LogP contribution >= 0.6 is 11.8 Å². The van der Waals surface area contributed by atoms with Gasteiger partial charge in [-0.1, -0.05) is 36.4 Å². The van der Waals surface area contributed by atoms with Gasteiger partial charge in [0, 0.05) is 5.69 Å². The molecule has 0 fully saturated rings. The second-order valence-electron chi connectivity index (χ2n) is 6.89. The Bertz CT molecular complexity index is 875. The summed E-state index contributed by atoms with van der Waals surface area (Å²) in [5.41, 5.74) is 1.55. The fourth-order valence-corrected chi connectivity index (χ4v) is 3.12. The summed E-state index contributed by atoms with van der Waals surface area (Å²) in [5.74, 6) is -0.338. The summed E-state index contributed by atoms with van der Waals surface area (Å²) < 4.78 is 10.7. The van der Waals surface area contributed by atoms with Gasteiger partial charge in [-0.2, -0.15) is 11.8 Å². The van der Waals surface area contributed by atoms with E-state index in [9.17, 15) is 14.4 Å². The number of amides is 2. The van der Waals surface area contributed by atoms with Crippen molar-refractivity contribution in [3.8, 4) is 5.75 Å². The largest absolute Gasteiger partial charge is 0.484 e. The maximum absolute atomic E-state index is 12.6. The van der Waals surface area contributed by atoms with E-state index >= 15 is 0 Å². The molecule has 2 atom stereocenters. The lowest BCUT2D eigenvalue weighted by atomic mass is 10.2. The topological polar surface area (TPSA) is 93.7 Å². The van der Waals surface area contributed by atoms with Gasteiger partial charge in [-0.25, -0.2) is 4.79 Å². The first-order valence-corrected chi connectivity index (χ1v) is 11.3. The van der Waals surface area contributed by atoms with Crippen LogP contribution in [0.4, 0.5) is 5.69 Å². The van der Waals surface area contributed by atoms with Crippen LogP contribution in [-0.4, -0.2) is 48.5 Å². The minimum Gasteiger partial charge on any atom is -0.484 e. The molecule has 7 nitrogen and oxygen atoms in total. The molecule has 166 valence electrons. The molecule has 0 aromatic heterocycles. The molecule has 0 aliphatic heterocycles. The van der Waals surface area contributed by atoms with Gasteiger partial charge in [-0.05, 0) is 56.0 Å². The maximum Gasteiger partial charge on any atom is 0.329 e. The van der Waals surface area contributed by atoms with Gasteiger partial charge in [0.2, 0.25) is 0 Å². The molecule has 0 aliphatic rings. The number of benzene rings is 2. The summed E-state index contributed by atoms with van der Waals surface area (Å²) in [5, 5.41) is 5.39. The zero-order valence-corrected chi connectivity index (χ0v) is 18.7. The zero-order chi connectivity index (χ0) is 22.6. The first-order valence-electron chi connectivity index (χ1n) is 9.94. The average molecular weight is 445 g/mol. The number of esters is 1. The second-order valence-corrected chi connectivity index (χ2v) is 7.87. The number of aryl methyl sites for hydroxylation is 1. The maximum atomic E-state index is 12.6. The third kappa shape index (κ3) is 8.33. The van der Waals surface area contributed by atoms with Crippen molar-refractivity contribution in [1.82, 2.24) is 5.32 Å². The van der Waals surface area contributed by atoms with E-state index in [0.717, 1.165) is 5.56 Å². The predicted octanol–water partition coefficient (Wildman–Crippen LogP) is 3.18. The number of carbonyl (C=O) groups is 3. The number of hydrogen-bond acceptors (Lipinski definition) is 6. The Balaban J connectivity index is 1.90. The fraction of sp³-hybridized carbons (Fsp3) is 0.348. The predicted molar refractivity (Wildman–Crippen MR) is 122 cm³/mol. The molecule has 0 unspecified atom stereocenters. The Kier molecular flexibility index (Phi) is 9.90. The van der Waals surface area contributed by atoms with Gasteiger partial charge in [0.05, 0.1) is 0 Å². The van der Waals surface area contributed by atoms with Crippen molar-refractivity contribution >= 4 is 35.2 Å². The molecule has 0 saturated heterocycles. The highest BCUT2D eigenvalue weighted by Gasteiger charge is 2.26. The highest BCUT2D eigenvalue weighted by atomic mass is 32.2. The molecule has 8 heteroatoms. The molecule has 0 aliphatic carbocycles. The second kappa shape index (κ2) is 12.6. The third-order valence-electron chi connectivity index (χ3n) is 4.41. The van der Waals surface area contributed by atoms with E-state index in [0.29, 0.717) is 23.6 Å². The number of rotatable bonds is 11. The minimum atomic E-state index is -1.01. The van der Waals surface area contributed by atoms with Gasteiger partial charge < -0.3 is 20.1 Å². The molecule has 0 spiro atoms. The number of para-hydroxylation sites is 2. The highest BCUT2D eigenvalue weighted by Crippen LogP contribution is 2.14. The van der Waals surface area contributed by atoms with Crippen LogP contribution in [0.5, 0.6) is 5.75 Å². The van der Waals surface area contributed by atoms with Gasteiger partial charge in [0.15, 0.2) is 12.7 Å². The van der Waals surface area contributed by atoms with Crippen molar-refractivity contribution in [3.63, 3.8) is 0 Å². The first kappa shape index (κ1) is 24.3. The van der Waals surface area contributed by atoms with Crippen LogP contribution in [0.3, 0.4) is 0 Å². The first-order chi connectivity index (χ1) is 14.9. The quantitative estimate of drug-likeness (QED) is 0.517. The van der Waals surface area contributed by atoms with Crippen molar-refractivity contribution in [2.45, 2.75) is 32.4 Å². The van der Waals surface area contributed by atoms with Gasteiger partial charge >= 0.3 is 5.97 Å². The normalized spacial score (nSPS) is 12.4. The van der Waals surface area contributed by atoms with E-state index in [4.69, 9.17) is 9.47 Å². The summed E-state index contributed by atoms with van der Waals surface area (Å²) in [6.45, 7) is 3.14. The Hall–Kier alpha value is -3.00. The van der Waals surface area contributed by atoms with E-state index in [1.807, 2.05) is 37.4 Å². The monoisotopic (exact) mass is 444 g/mol. The molecular weight excluding hydrogens is 416 g/mol. The summed E-state index contributed by atoms with van der Waals surface area (Å²) in [6.07, 6.45) is 1.27. The lowest BCUT2D eigenvalue weighted by Crippen LogP contribution is -2.46. The number of anilines is 1. The smallest absolute Gasteiger partial charge is 0.329 e. The van der Waals surface area contributed by atoms with E-state index in [2.05, 4.69) is 10.6 Å². The minimum absolute atomic E-state index is 0.226. The molecule has 31 heavy (non-hydrogen) atoms. The molecule has 0 heterocycles. The van der Waals surface area contributed by atoms with Gasteiger partial charge in [-0.3, -0.25) is 9.59 Å². The van der Waals surface area contributed by atoms with Crippen LogP contribution in [0.25, 0.3) is 0 Å². The molecule has 2 rings (SSSR count). The van der Waals surface area contributed by atoms with Crippen LogP contribution in [0.15, 0.2) is 54.6 Å². The van der Waals surface area contributed by atoms with E-state index in [1.54, 1.807) is 42.1 Å². The summed E-state index contributed by atoms with van der Waals surface area (Å²) in [4.78, 5) is 37.3. The van der Waals surface area contributed by atoms with Crippen LogP contribution in [-0.2, 0) is 19.1 Å². The lowest BCUT2D eigenvalue weighted by molar-refractivity contribution is -0.156. The molecule has 0 radical (unpaired) electrons. The summed E-state index contributed by atoms with van der Waals surface area (Å²) in [7, 11) is 0. The van der Waals surface area contributed by atoms with E-state index in [1.165, 1.54) is 6.92 Å². The van der Waals surface area contributed by atoms with Gasteiger partial charge in [-0.15, -0.1) is 0 Å². The van der Waals surface area contributed by atoms with E-state index < -0.39 is 29.9 Å². The van der Waals surface area contributed by atoms with Crippen molar-refractivity contribution in [1.29, 1.82) is 0 Å². The van der Waals surface area contributed by atoms with Crippen molar-refractivity contribution in [2.75, 3.05) is 23.9 Å². The molecule has 2 aromatic carbocycles. The standard InChI is InChI=1S/C23H28N2O5S/c1-16-9-7-8-12-19(16)25-22(27)17(2)30-23(28)20(13-14-31-3)24-21(26)15-29-18-10-5-4-6-11-18/h4-12,17,20H,13-15H2,1-3H3,(H,24,26)(H,25,27)/t17-,20+/m1/s1. The van der Waals surface area contributed by atoms with Crippen LogP contribution in [0.1, 0.15) is 18.9 Å². The molecule has 2 amide bonds. The van der Waals surface area contributed by atoms with Crippen molar-refractivity contribution < 1.29 is 23.9 Å². The van der Waals surface area contributed by atoms with Crippen molar-refractivity contribution in [3.05, 3.63) is 60.2 Å².